The zero-order valence-electron chi connectivity index (χ0n) is 9.51. The third-order valence-corrected chi connectivity index (χ3v) is 2.19. The first kappa shape index (κ1) is 11.7. The van der Waals surface area contributed by atoms with E-state index in [1.54, 1.807) is 18.2 Å². The van der Waals surface area contributed by atoms with E-state index in [4.69, 9.17) is 4.52 Å². The first-order chi connectivity index (χ1) is 8.70. The molecule has 90 valence electrons. The molecule has 0 fully saturated rings. The van der Waals surface area contributed by atoms with Crippen molar-refractivity contribution in [2.45, 2.75) is 0 Å². The fraction of sp³-hybridized carbons (Fsp3) is 0.0769. The first-order valence-corrected chi connectivity index (χ1v) is 5.05. The maximum Gasteiger partial charge on any atom is 0.384 e. The van der Waals surface area contributed by atoms with E-state index in [9.17, 15) is 9.90 Å². The topological polar surface area (TPSA) is 72.6 Å². The summed E-state index contributed by atoms with van der Waals surface area (Å²) in [4.78, 5) is 10.9. The number of hydrogen-bond donors (Lipinski definition) is 1. The van der Waals surface area contributed by atoms with E-state index in [2.05, 4.69) is 21.7 Å². The van der Waals surface area contributed by atoms with Gasteiger partial charge in [0.25, 0.3) is 0 Å². The van der Waals surface area contributed by atoms with E-state index in [1.165, 1.54) is 19.4 Å². The highest BCUT2D eigenvalue weighted by Crippen LogP contribution is 2.29. The number of aromatic nitrogens is 1. The summed E-state index contributed by atoms with van der Waals surface area (Å²) in [6.07, 6.45) is 1.47. The molecule has 0 aliphatic carbocycles. The summed E-state index contributed by atoms with van der Waals surface area (Å²) in [5, 5.41) is 13.3. The number of phenols is 1. The quantitative estimate of drug-likeness (QED) is 0.608. The smallest absolute Gasteiger partial charge is 0.384 e. The van der Waals surface area contributed by atoms with Crippen molar-refractivity contribution in [3.63, 3.8) is 0 Å². The van der Waals surface area contributed by atoms with Gasteiger partial charge in [-0.2, -0.15) is 0 Å². The zero-order chi connectivity index (χ0) is 13.0. The molecule has 0 radical (unpaired) electrons. The van der Waals surface area contributed by atoms with Crippen LogP contribution in [0.15, 0.2) is 35.0 Å². The molecule has 0 atom stereocenters. The minimum absolute atomic E-state index is 0.0513. The molecule has 1 aromatic heterocycles. The summed E-state index contributed by atoms with van der Waals surface area (Å²) in [5.74, 6) is 4.78. The van der Waals surface area contributed by atoms with E-state index >= 15 is 0 Å². The van der Waals surface area contributed by atoms with Gasteiger partial charge in [0, 0.05) is 17.6 Å². The van der Waals surface area contributed by atoms with E-state index in [0.29, 0.717) is 16.9 Å². The summed E-state index contributed by atoms with van der Waals surface area (Å²) in [6.45, 7) is 0. The number of aromatic hydroxyl groups is 1. The van der Waals surface area contributed by atoms with Crippen molar-refractivity contribution >= 4 is 5.97 Å². The van der Waals surface area contributed by atoms with Crippen molar-refractivity contribution in [3.05, 3.63) is 36.0 Å². The molecule has 0 aliphatic rings. The lowest BCUT2D eigenvalue weighted by Crippen LogP contribution is -1.94. The Bertz CT molecular complexity index is 620. The zero-order valence-corrected chi connectivity index (χ0v) is 9.51. The Hall–Kier alpha value is -2.74. The molecule has 0 amide bonds. The first-order valence-electron chi connectivity index (χ1n) is 5.05. The van der Waals surface area contributed by atoms with Crippen LogP contribution in [0.4, 0.5) is 0 Å². The van der Waals surface area contributed by atoms with Crippen molar-refractivity contribution in [3.8, 4) is 28.9 Å². The molecule has 18 heavy (non-hydrogen) atoms. The monoisotopic (exact) mass is 243 g/mol. The molecule has 5 nitrogen and oxygen atoms in total. The SMILES string of the molecule is COC(=O)C#Cc1ccc(O)c(-c2ccno2)c1. The minimum atomic E-state index is -0.621. The van der Waals surface area contributed by atoms with E-state index in [0.717, 1.165) is 0 Å². The van der Waals surface area contributed by atoms with E-state index < -0.39 is 5.97 Å². The molecule has 2 rings (SSSR count). The Labute approximate surface area is 103 Å². The van der Waals surface area contributed by atoms with Gasteiger partial charge in [-0.15, -0.1) is 0 Å². The highest BCUT2D eigenvalue weighted by atomic mass is 16.5. The lowest BCUT2D eigenvalue weighted by atomic mass is 10.1. The third kappa shape index (κ3) is 2.50. The van der Waals surface area contributed by atoms with Gasteiger partial charge in [0.2, 0.25) is 0 Å². The van der Waals surface area contributed by atoms with Gasteiger partial charge in [-0.05, 0) is 18.2 Å². The largest absolute Gasteiger partial charge is 0.507 e. The van der Waals surface area contributed by atoms with Crippen LogP contribution in [0.1, 0.15) is 5.56 Å². The highest BCUT2D eigenvalue weighted by Gasteiger charge is 2.08. The number of phenolic OH excluding ortho intramolecular Hbond substituents is 1. The molecule has 1 heterocycles. The van der Waals surface area contributed by atoms with Crippen molar-refractivity contribution in [1.29, 1.82) is 0 Å². The molecule has 0 aliphatic heterocycles. The Kier molecular flexibility index (Phi) is 3.30. The molecule has 0 saturated carbocycles. The number of ether oxygens (including phenoxy) is 1. The number of carbonyl (C=O) groups is 1. The van der Waals surface area contributed by atoms with Gasteiger partial charge in [0.05, 0.1) is 18.9 Å². The average Bonchev–Trinajstić information content (AvgIpc) is 2.91. The molecule has 5 heteroatoms. The Morgan fingerprint density at radius 3 is 2.94 bits per heavy atom. The Balaban J connectivity index is 2.38. The summed E-state index contributed by atoms with van der Waals surface area (Å²) >= 11 is 0. The van der Waals surface area contributed by atoms with E-state index in [-0.39, 0.29) is 5.75 Å². The predicted octanol–water partition coefficient (Wildman–Crippen LogP) is 1.57. The summed E-state index contributed by atoms with van der Waals surface area (Å²) < 4.78 is 9.36. The van der Waals surface area contributed by atoms with Crippen LogP contribution < -0.4 is 0 Å². The number of benzene rings is 1. The molecule has 0 bridgehead atoms. The number of rotatable bonds is 1. The number of carbonyl (C=O) groups excluding carboxylic acids is 1. The Morgan fingerprint density at radius 1 is 1.44 bits per heavy atom. The third-order valence-electron chi connectivity index (χ3n) is 2.19. The number of esters is 1. The molecule has 1 N–H and O–H groups in total. The summed E-state index contributed by atoms with van der Waals surface area (Å²) in [7, 11) is 1.26. The lowest BCUT2D eigenvalue weighted by molar-refractivity contribution is -0.133. The van der Waals surface area contributed by atoms with Crippen molar-refractivity contribution in [2.24, 2.45) is 0 Å². The van der Waals surface area contributed by atoms with Crippen molar-refractivity contribution < 1.29 is 19.2 Å². The van der Waals surface area contributed by atoms with Crippen molar-refractivity contribution in [2.75, 3.05) is 7.11 Å². The molecule has 0 saturated heterocycles. The fourth-order valence-corrected chi connectivity index (χ4v) is 1.34. The van der Waals surface area contributed by atoms with E-state index in [1.807, 2.05) is 0 Å². The lowest BCUT2D eigenvalue weighted by Gasteiger charge is -2.00. The standard InChI is InChI=1S/C13H9NO4/c1-17-13(16)5-3-9-2-4-11(15)10(8-9)12-6-7-14-18-12/h2,4,6-8,15H,1H3. The summed E-state index contributed by atoms with van der Waals surface area (Å²) in [5.41, 5.74) is 1.02. The van der Waals surface area contributed by atoms with Crippen LogP contribution >= 0.6 is 0 Å². The molecule has 0 unspecified atom stereocenters. The Morgan fingerprint density at radius 2 is 2.28 bits per heavy atom. The van der Waals surface area contributed by atoms with Gasteiger partial charge >= 0.3 is 5.97 Å². The van der Waals surface area contributed by atoms with Gasteiger partial charge in [-0.3, -0.25) is 0 Å². The van der Waals surface area contributed by atoms with Gasteiger partial charge in [0.1, 0.15) is 5.75 Å². The summed E-state index contributed by atoms with van der Waals surface area (Å²) in [6, 6.07) is 6.28. The second kappa shape index (κ2) is 5.06. The fourth-order valence-electron chi connectivity index (χ4n) is 1.34. The van der Waals surface area contributed by atoms with Crippen LogP contribution in [0.25, 0.3) is 11.3 Å². The second-order valence-electron chi connectivity index (χ2n) is 3.35. The van der Waals surface area contributed by atoms with Crippen LogP contribution in [0.3, 0.4) is 0 Å². The number of nitrogens with zero attached hydrogens (tertiary/aromatic N) is 1. The molecular weight excluding hydrogens is 234 g/mol. The molecule has 0 spiro atoms. The predicted molar refractivity (Wildman–Crippen MR) is 62.5 cm³/mol. The second-order valence-corrected chi connectivity index (χ2v) is 3.35. The van der Waals surface area contributed by atoms with Crippen LogP contribution in [-0.2, 0) is 9.53 Å². The van der Waals surface area contributed by atoms with Gasteiger partial charge in [-0.25, -0.2) is 4.79 Å². The van der Waals surface area contributed by atoms with Crippen molar-refractivity contribution in [1.82, 2.24) is 5.16 Å². The van der Waals surface area contributed by atoms with Gasteiger partial charge in [-0.1, -0.05) is 11.1 Å². The van der Waals surface area contributed by atoms with Gasteiger partial charge in [0.15, 0.2) is 5.76 Å². The maximum atomic E-state index is 10.9. The normalized spacial score (nSPS) is 9.39. The van der Waals surface area contributed by atoms with Crippen LogP contribution in [0.5, 0.6) is 5.75 Å². The molecular formula is C13H9NO4. The molecule has 1 aromatic carbocycles. The van der Waals surface area contributed by atoms with Crippen LogP contribution in [0.2, 0.25) is 0 Å². The van der Waals surface area contributed by atoms with Crippen LogP contribution in [-0.4, -0.2) is 23.3 Å². The van der Waals surface area contributed by atoms with Gasteiger partial charge < -0.3 is 14.4 Å². The number of methoxy groups -OCH3 is 1. The maximum absolute atomic E-state index is 10.9. The minimum Gasteiger partial charge on any atom is -0.507 e. The highest BCUT2D eigenvalue weighted by molar-refractivity contribution is 5.89. The molecule has 2 aromatic rings. The number of hydrogen-bond acceptors (Lipinski definition) is 5. The van der Waals surface area contributed by atoms with Crippen LogP contribution in [0, 0.1) is 11.8 Å². The average molecular weight is 243 g/mol.